The lowest BCUT2D eigenvalue weighted by Gasteiger charge is -2.18. The summed E-state index contributed by atoms with van der Waals surface area (Å²) in [5, 5.41) is 6.53. The Morgan fingerprint density at radius 2 is 2.20 bits per heavy atom. The van der Waals surface area contributed by atoms with E-state index in [4.69, 9.17) is 4.98 Å². The van der Waals surface area contributed by atoms with E-state index in [-0.39, 0.29) is 0 Å². The van der Waals surface area contributed by atoms with E-state index in [9.17, 15) is 0 Å². The minimum atomic E-state index is 0.476. The van der Waals surface area contributed by atoms with Gasteiger partial charge in [-0.15, -0.1) is 22.7 Å². The summed E-state index contributed by atoms with van der Waals surface area (Å²) in [4.78, 5) is 10.0. The molecule has 2 heterocycles. The summed E-state index contributed by atoms with van der Waals surface area (Å²) in [5.74, 6) is 0.476. The molecule has 110 valence electrons. The highest BCUT2D eigenvalue weighted by Gasteiger charge is 2.17. The standard InChI is InChI=1S/C15H23N3S2/c1-5-18(10-12-7-6-8-19-12)15-17-14(11(2)3)13(20-15)9-16-4/h6-8,11,16H,5,9-10H2,1-4H3. The van der Waals surface area contributed by atoms with Crippen LogP contribution in [0, 0.1) is 0 Å². The van der Waals surface area contributed by atoms with Gasteiger partial charge in [0.25, 0.3) is 0 Å². The molecule has 0 atom stereocenters. The van der Waals surface area contributed by atoms with Gasteiger partial charge in [-0.25, -0.2) is 4.98 Å². The van der Waals surface area contributed by atoms with Crippen molar-refractivity contribution in [1.82, 2.24) is 10.3 Å². The number of hydrogen-bond acceptors (Lipinski definition) is 5. The van der Waals surface area contributed by atoms with Crippen LogP contribution in [-0.4, -0.2) is 18.6 Å². The van der Waals surface area contributed by atoms with Crippen LogP contribution in [0.3, 0.4) is 0 Å². The van der Waals surface area contributed by atoms with Crippen LogP contribution < -0.4 is 10.2 Å². The first-order chi connectivity index (χ1) is 9.65. The zero-order valence-electron chi connectivity index (χ0n) is 12.6. The summed E-state index contributed by atoms with van der Waals surface area (Å²) in [6.45, 7) is 9.48. The monoisotopic (exact) mass is 309 g/mol. The third kappa shape index (κ3) is 3.59. The first kappa shape index (κ1) is 15.5. The van der Waals surface area contributed by atoms with Gasteiger partial charge in [0.15, 0.2) is 5.13 Å². The molecule has 1 N–H and O–H groups in total. The van der Waals surface area contributed by atoms with Gasteiger partial charge >= 0.3 is 0 Å². The molecule has 0 spiro atoms. The van der Waals surface area contributed by atoms with E-state index in [1.54, 1.807) is 0 Å². The van der Waals surface area contributed by atoms with Crippen LogP contribution in [0.2, 0.25) is 0 Å². The summed E-state index contributed by atoms with van der Waals surface area (Å²) in [5.41, 5.74) is 1.24. The zero-order valence-corrected chi connectivity index (χ0v) is 14.3. The van der Waals surface area contributed by atoms with Gasteiger partial charge in [-0.3, -0.25) is 0 Å². The number of anilines is 1. The minimum absolute atomic E-state index is 0.476. The summed E-state index contributed by atoms with van der Waals surface area (Å²) in [6, 6.07) is 4.31. The van der Waals surface area contributed by atoms with Gasteiger partial charge < -0.3 is 10.2 Å². The predicted molar refractivity (Wildman–Crippen MR) is 90.0 cm³/mol. The third-order valence-corrected chi connectivity index (χ3v) is 5.17. The average Bonchev–Trinajstić information content (AvgIpc) is 3.05. The molecule has 5 heteroatoms. The number of nitrogens with one attached hydrogen (secondary N) is 1. The first-order valence-electron chi connectivity index (χ1n) is 7.07. The molecule has 0 unspecified atom stereocenters. The third-order valence-electron chi connectivity index (χ3n) is 3.18. The van der Waals surface area contributed by atoms with Crippen LogP contribution in [0.4, 0.5) is 5.13 Å². The molecule has 0 aliphatic carbocycles. The van der Waals surface area contributed by atoms with Crippen molar-refractivity contribution in [3.05, 3.63) is 33.0 Å². The van der Waals surface area contributed by atoms with Crippen molar-refractivity contribution in [2.24, 2.45) is 0 Å². The Bertz CT molecular complexity index is 517. The van der Waals surface area contributed by atoms with Gasteiger partial charge in [0, 0.05) is 22.8 Å². The topological polar surface area (TPSA) is 28.2 Å². The molecule has 0 fully saturated rings. The Morgan fingerprint density at radius 1 is 1.40 bits per heavy atom. The maximum absolute atomic E-state index is 4.89. The van der Waals surface area contributed by atoms with Gasteiger partial charge in [-0.1, -0.05) is 19.9 Å². The Morgan fingerprint density at radius 3 is 2.75 bits per heavy atom. The lowest BCUT2D eigenvalue weighted by atomic mass is 10.1. The minimum Gasteiger partial charge on any atom is -0.343 e. The number of aromatic nitrogens is 1. The molecule has 0 aliphatic heterocycles. The number of nitrogens with zero attached hydrogens (tertiary/aromatic N) is 2. The van der Waals surface area contributed by atoms with Gasteiger partial charge in [-0.05, 0) is 31.3 Å². The second-order valence-corrected chi connectivity index (χ2v) is 7.18. The van der Waals surface area contributed by atoms with E-state index in [1.807, 2.05) is 29.7 Å². The highest BCUT2D eigenvalue weighted by molar-refractivity contribution is 7.15. The summed E-state index contributed by atoms with van der Waals surface area (Å²) >= 11 is 3.64. The molecule has 0 saturated heterocycles. The zero-order chi connectivity index (χ0) is 14.5. The van der Waals surface area contributed by atoms with E-state index in [2.05, 4.69) is 48.5 Å². The van der Waals surface area contributed by atoms with Crippen molar-refractivity contribution in [2.75, 3.05) is 18.5 Å². The van der Waals surface area contributed by atoms with Gasteiger partial charge in [0.05, 0.1) is 12.2 Å². The van der Waals surface area contributed by atoms with E-state index in [0.29, 0.717) is 5.92 Å². The molecule has 2 aromatic heterocycles. The van der Waals surface area contributed by atoms with Crippen LogP contribution in [0.15, 0.2) is 17.5 Å². The number of hydrogen-bond donors (Lipinski definition) is 1. The molecule has 2 aromatic rings. The molecular weight excluding hydrogens is 286 g/mol. The van der Waals surface area contributed by atoms with Crippen molar-refractivity contribution < 1.29 is 0 Å². The molecule has 0 aromatic carbocycles. The Hall–Kier alpha value is -0.910. The summed E-state index contributed by atoms with van der Waals surface area (Å²) in [7, 11) is 1.99. The molecule has 0 amide bonds. The van der Waals surface area contributed by atoms with E-state index in [1.165, 1.54) is 15.4 Å². The Labute approximate surface area is 129 Å². The highest BCUT2D eigenvalue weighted by atomic mass is 32.1. The Balaban J connectivity index is 2.22. The van der Waals surface area contributed by atoms with Crippen LogP contribution in [-0.2, 0) is 13.1 Å². The maximum atomic E-state index is 4.89. The average molecular weight is 310 g/mol. The maximum Gasteiger partial charge on any atom is 0.186 e. The largest absolute Gasteiger partial charge is 0.343 e. The van der Waals surface area contributed by atoms with E-state index >= 15 is 0 Å². The van der Waals surface area contributed by atoms with Crippen LogP contribution in [0.1, 0.15) is 42.1 Å². The van der Waals surface area contributed by atoms with Gasteiger partial charge in [0.1, 0.15) is 0 Å². The van der Waals surface area contributed by atoms with Gasteiger partial charge in [0.2, 0.25) is 0 Å². The first-order valence-corrected chi connectivity index (χ1v) is 8.76. The molecule has 0 radical (unpaired) electrons. The molecule has 0 saturated carbocycles. The number of thiazole rings is 1. The van der Waals surface area contributed by atoms with Crippen molar-refractivity contribution in [3.8, 4) is 0 Å². The SMILES string of the molecule is CCN(Cc1cccs1)c1nc(C(C)C)c(CNC)s1. The molecule has 3 nitrogen and oxygen atoms in total. The second-order valence-electron chi connectivity index (χ2n) is 5.08. The van der Waals surface area contributed by atoms with Crippen molar-refractivity contribution in [1.29, 1.82) is 0 Å². The van der Waals surface area contributed by atoms with E-state index in [0.717, 1.165) is 24.8 Å². The summed E-state index contributed by atoms with van der Waals surface area (Å²) < 4.78 is 0. The number of thiophene rings is 1. The molecule has 2 rings (SSSR count). The summed E-state index contributed by atoms with van der Waals surface area (Å²) in [6.07, 6.45) is 0. The van der Waals surface area contributed by atoms with Crippen molar-refractivity contribution >= 4 is 27.8 Å². The normalized spacial score (nSPS) is 11.2. The van der Waals surface area contributed by atoms with Crippen LogP contribution in [0.25, 0.3) is 0 Å². The number of rotatable bonds is 7. The fraction of sp³-hybridized carbons (Fsp3) is 0.533. The quantitative estimate of drug-likeness (QED) is 0.835. The van der Waals surface area contributed by atoms with Crippen LogP contribution >= 0.6 is 22.7 Å². The molecule has 0 aliphatic rings. The van der Waals surface area contributed by atoms with Gasteiger partial charge in [-0.2, -0.15) is 0 Å². The Kier molecular flexibility index (Phi) is 5.57. The van der Waals surface area contributed by atoms with Crippen LogP contribution in [0.5, 0.6) is 0 Å². The predicted octanol–water partition coefficient (Wildman–Crippen LogP) is 4.07. The molecule has 0 bridgehead atoms. The lowest BCUT2D eigenvalue weighted by Crippen LogP contribution is -2.21. The molecular formula is C15H23N3S2. The lowest BCUT2D eigenvalue weighted by molar-refractivity contribution is 0.764. The fourth-order valence-electron chi connectivity index (χ4n) is 2.13. The fourth-order valence-corrected chi connectivity index (χ4v) is 4.14. The van der Waals surface area contributed by atoms with E-state index < -0.39 is 0 Å². The van der Waals surface area contributed by atoms with Crippen molar-refractivity contribution in [2.45, 2.75) is 39.8 Å². The smallest absolute Gasteiger partial charge is 0.186 e. The van der Waals surface area contributed by atoms with Crippen molar-refractivity contribution in [3.63, 3.8) is 0 Å². The second kappa shape index (κ2) is 7.20. The highest BCUT2D eigenvalue weighted by Crippen LogP contribution is 2.31. The molecule has 20 heavy (non-hydrogen) atoms.